The number of nitrogens with zero attached hydrogens (tertiary/aromatic N) is 1. The van der Waals surface area contributed by atoms with E-state index in [4.69, 9.17) is 0 Å². The zero-order chi connectivity index (χ0) is 4.50. The van der Waals surface area contributed by atoms with Gasteiger partial charge in [-0.2, -0.15) is 0 Å². The Morgan fingerprint density at radius 3 is 0.750 bits per heavy atom. The van der Waals surface area contributed by atoms with E-state index in [1.165, 1.54) is 0 Å². The van der Waals surface area contributed by atoms with E-state index in [2.05, 4.69) is 28.2 Å². The van der Waals surface area contributed by atoms with Gasteiger partial charge in [-0.1, -0.05) is 0 Å². The van der Waals surface area contributed by atoms with Gasteiger partial charge in [-0.3, -0.25) is 0 Å². The van der Waals surface area contributed by atoms with Gasteiger partial charge in [0.1, 0.15) is 0 Å². The zero-order valence-electron chi connectivity index (χ0n) is 6.15. The van der Waals surface area contributed by atoms with E-state index in [1.54, 1.807) is 0 Å². The van der Waals surface area contributed by atoms with Gasteiger partial charge in [0.25, 0.3) is 0 Å². The van der Waals surface area contributed by atoms with Gasteiger partial charge in [-0.15, -0.1) is 0 Å². The molecule has 0 aliphatic rings. The summed E-state index contributed by atoms with van der Waals surface area (Å²) >= 11 is 0. The van der Waals surface area contributed by atoms with Crippen LogP contribution in [0.4, 0.5) is 0 Å². The fourth-order valence-electron chi connectivity index (χ4n) is 0. The quantitative estimate of drug-likeness (QED) is 0.358. The summed E-state index contributed by atoms with van der Waals surface area (Å²) in [6.45, 7) is 0. The van der Waals surface area contributed by atoms with Crippen LogP contribution in [0, 0.1) is 0 Å². The minimum absolute atomic E-state index is 0. The van der Waals surface area contributed by atoms with E-state index in [-0.39, 0.29) is 38.3 Å². The van der Waals surface area contributed by atoms with Crippen molar-refractivity contribution in [3.63, 3.8) is 0 Å². The third kappa shape index (κ3) is 356. The number of hydrogen-bond acceptors (Lipinski definition) is 0. The molecule has 0 saturated heterocycles. The molecule has 0 amide bonds. The maximum atomic E-state index is 2.12. The molecule has 0 saturated carbocycles. The van der Waals surface area contributed by atoms with Gasteiger partial charge in [0.2, 0.25) is 0 Å². The molecule has 2 radical (unpaired) electrons. The fourth-order valence-corrected chi connectivity index (χ4v) is 0. The molecule has 4 N–H and O–H groups in total. The second-order valence-electron chi connectivity index (χ2n) is 2.68. The maximum absolute atomic E-state index is 2.12. The SMILES string of the molecule is C[N+](C)(C)C.O.O.[PbH2]. The number of hydrogen-bond donors (Lipinski definition) is 0. The molecule has 0 fully saturated rings. The molecule has 3 nitrogen and oxygen atoms in total. The molecular weight excluding hydrogens is 301 g/mol. The standard InChI is InChI=1S/C4H12N.2H2O.Pb.2H/c1-5(2,3)4;;;;;/h1-4H3;2*1H2;;;/q+1;;;;;. The van der Waals surface area contributed by atoms with Crippen LogP contribution in [0.25, 0.3) is 0 Å². The van der Waals surface area contributed by atoms with Crippen LogP contribution >= 0.6 is 0 Å². The Hall–Kier alpha value is 0.802. The van der Waals surface area contributed by atoms with Crippen LogP contribution < -0.4 is 0 Å². The van der Waals surface area contributed by atoms with Gasteiger partial charge in [0.05, 0.1) is 28.2 Å². The predicted octanol–water partition coefficient (Wildman–Crippen LogP) is -2.24. The van der Waals surface area contributed by atoms with Gasteiger partial charge in [-0.05, 0) is 0 Å². The molecule has 0 aliphatic carbocycles. The Balaban J connectivity index is -0.0000000267. The van der Waals surface area contributed by atoms with Gasteiger partial charge < -0.3 is 15.4 Å². The van der Waals surface area contributed by atoms with Gasteiger partial charge >= 0.3 is 27.3 Å². The summed E-state index contributed by atoms with van der Waals surface area (Å²) in [6, 6.07) is 0. The van der Waals surface area contributed by atoms with Crippen molar-refractivity contribution in [3.8, 4) is 0 Å². The first-order valence-electron chi connectivity index (χ1n) is 1.79. The Labute approximate surface area is 71.0 Å². The van der Waals surface area contributed by atoms with Crippen LogP contribution in [-0.2, 0) is 0 Å². The minimum atomic E-state index is 0. The van der Waals surface area contributed by atoms with Crippen LogP contribution in [0.5, 0.6) is 0 Å². The number of quaternary nitrogens is 1. The predicted molar refractivity (Wildman–Crippen MR) is 39.7 cm³/mol. The first-order valence-corrected chi connectivity index (χ1v) is 1.79. The Morgan fingerprint density at radius 2 is 0.750 bits per heavy atom. The van der Waals surface area contributed by atoms with E-state index in [0.717, 1.165) is 4.48 Å². The molecule has 0 aliphatic heterocycles. The molecule has 0 aromatic carbocycles. The summed E-state index contributed by atoms with van der Waals surface area (Å²) in [5.41, 5.74) is 0. The zero-order valence-corrected chi connectivity index (χ0v) is 11.7. The average molecular weight is 319 g/mol. The van der Waals surface area contributed by atoms with E-state index < -0.39 is 0 Å². The molecule has 0 unspecified atom stereocenters. The molecule has 0 heterocycles. The monoisotopic (exact) mass is 320 g/mol. The molecular formula is C4H18NO2Pb+. The summed E-state index contributed by atoms with van der Waals surface area (Å²) in [5, 5.41) is 0. The molecule has 0 rings (SSSR count). The summed E-state index contributed by atoms with van der Waals surface area (Å²) < 4.78 is 1.00. The molecule has 0 spiro atoms. The first-order chi connectivity index (χ1) is 2.00. The van der Waals surface area contributed by atoms with Crippen LogP contribution in [0.2, 0.25) is 0 Å². The van der Waals surface area contributed by atoms with Crippen molar-refractivity contribution in [1.82, 2.24) is 0 Å². The molecule has 0 bridgehead atoms. The van der Waals surface area contributed by atoms with Gasteiger partial charge in [0.15, 0.2) is 0 Å². The first kappa shape index (κ1) is 23.2. The second kappa shape index (κ2) is 7.80. The molecule has 0 aromatic rings. The van der Waals surface area contributed by atoms with Gasteiger partial charge in [-0.25, -0.2) is 0 Å². The topological polar surface area (TPSA) is 63.0 Å². The van der Waals surface area contributed by atoms with Crippen LogP contribution in [0.1, 0.15) is 0 Å². The Morgan fingerprint density at radius 1 is 0.750 bits per heavy atom. The van der Waals surface area contributed by atoms with Crippen molar-refractivity contribution in [2.45, 2.75) is 0 Å². The van der Waals surface area contributed by atoms with E-state index in [0.29, 0.717) is 0 Å². The Kier molecular flexibility index (Phi) is 22.7. The summed E-state index contributed by atoms with van der Waals surface area (Å²) in [7, 11) is 8.50. The second-order valence-corrected chi connectivity index (χ2v) is 2.68. The van der Waals surface area contributed by atoms with Crippen molar-refractivity contribution in [3.05, 3.63) is 0 Å². The number of rotatable bonds is 0. The van der Waals surface area contributed by atoms with Crippen LogP contribution in [0.15, 0.2) is 0 Å². The van der Waals surface area contributed by atoms with Crippen molar-refractivity contribution >= 4 is 27.3 Å². The van der Waals surface area contributed by atoms with Gasteiger partial charge in [0, 0.05) is 0 Å². The molecule has 0 atom stereocenters. The van der Waals surface area contributed by atoms with Crippen molar-refractivity contribution < 1.29 is 15.4 Å². The summed E-state index contributed by atoms with van der Waals surface area (Å²) in [4.78, 5) is 0. The summed E-state index contributed by atoms with van der Waals surface area (Å²) in [6.07, 6.45) is 0. The molecule has 0 aromatic heterocycles. The van der Waals surface area contributed by atoms with Crippen molar-refractivity contribution in [2.75, 3.05) is 28.2 Å². The van der Waals surface area contributed by atoms with E-state index in [1.807, 2.05) is 0 Å². The van der Waals surface area contributed by atoms with Crippen molar-refractivity contribution in [1.29, 1.82) is 0 Å². The fraction of sp³-hybridized carbons (Fsp3) is 1.00. The van der Waals surface area contributed by atoms with E-state index in [9.17, 15) is 0 Å². The molecule has 4 heteroatoms. The van der Waals surface area contributed by atoms with Crippen LogP contribution in [0.3, 0.4) is 0 Å². The third-order valence-electron chi connectivity index (χ3n) is 0. The van der Waals surface area contributed by atoms with Crippen molar-refractivity contribution in [2.24, 2.45) is 0 Å². The average Bonchev–Trinajstić information content (AvgIpc) is 0.722. The molecule has 8 heavy (non-hydrogen) atoms. The normalized spacial score (nSPS) is 7.50. The Bertz CT molecular complexity index is 29.5. The van der Waals surface area contributed by atoms with E-state index >= 15 is 0 Å². The molecule has 54 valence electrons. The summed E-state index contributed by atoms with van der Waals surface area (Å²) in [5.74, 6) is 0. The van der Waals surface area contributed by atoms with Crippen LogP contribution in [-0.4, -0.2) is 70.9 Å². The third-order valence-corrected chi connectivity index (χ3v) is 0.